The Hall–Kier alpha value is -1.36. The van der Waals surface area contributed by atoms with E-state index >= 15 is 0 Å². The normalized spacial score (nSPS) is 12.5. The van der Waals surface area contributed by atoms with Crippen molar-refractivity contribution in [3.63, 3.8) is 0 Å². The number of nitrogens with two attached hydrogens (primary N) is 1. The van der Waals surface area contributed by atoms with E-state index in [4.69, 9.17) is 5.73 Å². The lowest BCUT2D eigenvalue weighted by atomic mass is 10.1. The summed E-state index contributed by atoms with van der Waals surface area (Å²) in [5.74, 6) is -0.311. The van der Waals surface area contributed by atoms with Crippen molar-refractivity contribution in [3.05, 3.63) is 18.2 Å². The summed E-state index contributed by atoms with van der Waals surface area (Å²) in [6.07, 6.45) is 3.47. The summed E-state index contributed by atoms with van der Waals surface area (Å²) in [6.45, 7) is 0. The molecule has 0 bridgehead atoms. The van der Waals surface area contributed by atoms with Crippen LogP contribution in [0.4, 0.5) is 0 Å². The molecule has 1 aromatic rings. The molecule has 0 unspecified atom stereocenters. The molecule has 0 aliphatic heterocycles. The SMILES string of the molecule is COC(=O)C[C@@H](N)c1cncn1C. The molecular formula is C8H13N3O2. The smallest absolute Gasteiger partial charge is 0.307 e. The highest BCUT2D eigenvalue weighted by molar-refractivity contribution is 5.70. The Balaban J connectivity index is 2.63. The minimum Gasteiger partial charge on any atom is -0.469 e. The second-order valence-corrected chi connectivity index (χ2v) is 2.82. The van der Waals surface area contributed by atoms with Gasteiger partial charge in [-0.25, -0.2) is 4.98 Å². The first-order valence-electron chi connectivity index (χ1n) is 3.93. The van der Waals surface area contributed by atoms with E-state index in [-0.39, 0.29) is 18.4 Å². The quantitative estimate of drug-likeness (QED) is 0.669. The van der Waals surface area contributed by atoms with Gasteiger partial charge < -0.3 is 15.0 Å². The summed E-state index contributed by atoms with van der Waals surface area (Å²) in [7, 11) is 3.18. The third-order valence-corrected chi connectivity index (χ3v) is 1.85. The van der Waals surface area contributed by atoms with Gasteiger partial charge in [0.15, 0.2) is 0 Å². The molecule has 1 aromatic heterocycles. The lowest BCUT2D eigenvalue weighted by Crippen LogP contribution is -2.18. The van der Waals surface area contributed by atoms with Gasteiger partial charge in [-0.1, -0.05) is 0 Å². The fourth-order valence-electron chi connectivity index (χ4n) is 1.09. The number of hydrogen-bond acceptors (Lipinski definition) is 4. The molecule has 2 N–H and O–H groups in total. The van der Waals surface area contributed by atoms with Gasteiger partial charge >= 0.3 is 5.97 Å². The number of nitrogens with zero attached hydrogens (tertiary/aromatic N) is 2. The van der Waals surface area contributed by atoms with E-state index in [0.717, 1.165) is 5.69 Å². The van der Waals surface area contributed by atoms with Crippen LogP contribution in [0, 0.1) is 0 Å². The van der Waals surface area contributed by atoms with Crippen LogP contribution in [-0.2, 0) is 16.6 Å². The minimum atomic E-state index is -0.347. The van der Waals surface area contributed by atoms with Crippen molar-refractivity contribution in [1.29, 1.82) is 0 Å². The Morgan fingerprint density at radius 3 is 3.00 bits per heavy atom. The Bertz CT molecular complexity index is 295. The van der Waals surface area contributed by atoms with Gasteiger partial charge in [-0.2, -0.15) is 0 Å². The molecule has 1 rings (SSSR count). The molecule has 0 aliphatic carbocycles. The number of ether oxygens (including phenoxy) is 1. The van der Waals surface area contributed by atoms with E-state index in [1.807, 2.05) is 7.05 Å². The Kier molecular flexibility index (Phi) is 3.02. The van der Waals surface area contributed by atoms with Crippen molar-refractivity contribution in [2.24, 2.45) is 12.8 Å². The molecule has 0 saturated carbocycles. The summed E-state index contributed by atoms with van der Waals surface area (Å²) in [5, 5.41) is 0. The van der Waals surface area contributed by atoms with Gasteiger partial charge in [0.25, 0.3) is 0 Å². The van der Waals surface area contributed by atoms with Gasteiger partial charge in [0, 0.05) is 13.2 Å². The maximum Gasteiger partial charge on any atom is 0.307 e. The van der Waals surface area contributed by atoms with Gasteiger partial charge in [0.1, 0.15) is 0 Å². The van der Waals surface area contributed by atoms with Gasteiger partial charge in [0.05, 0.1) is 31.6 Å². The molecular weight excluding hydrogens is 170 g/mol. The number of carbonyl (C=O) groups excluding carboxylic acids is 1. The third-order valence-electron chi connectivity index (χ3n) is 1.85. The molecule has 0 radical (unpaired) electrons. The van der Waals surface area contributed by atoms with Gasteiger partial charge in [0.2, 0.25) is 0 Å². The number of esters is 1. The van der Waals surface area contributed by atoms with E-state index in [2.05, 4.69) is 9.72 Å². The molecule has 1 heterocycles. The van der Waals surface area contributed by atoms with Crippen LogP contribution in [0.5, 0.6) is 0 Å². The minimum absolute atomic E-state index is 0.177. The van der Waals surface area contributed by atoms with Crippen molar-refractivity contribution in [1.82, 2.24) is 9.55 Å². The predicted octanol–water partition coefficient (Wildman–Crippen LogP) is -0.0170. The van der Waals surface area contributed by atoms with Crippen molar-refractivity contribution in [2.45, 2.75) is 12.5 Å². The lowest BCUT2D eigenvalue weighted by Gasteiger charge is -2.09. The van der Waals surface area contributed by atoms with E-state index in [1.54, 1.807) is 17.1 Å². The van der Waals surface area contributed by atoms with Gasteiger partial charge in [-0.3, -0.25) is 4.79 Å². The average molecular weight is 183 g/mol. The summed E-state index contributed by atoms with van der Waals surface area (Å²) in [4.78, 5) is 14.8. The summed E-state index contributed by atoms with van der Waals surface area (Å²) in [6, 6.07) is -0.347. The highest BCUT2D eigenvalue weighted by atomic mass is 16.5. The molecule has 0 amide bonds. The maximum atomic E-state index is 10.9. The molecule has 0 fully saturated rings. The first-order valence-corrected chi connectivity index (χ1v) is 3.93. The standard InChI is InChI=1S/C8H13N3O2/c1-11-5-10-4-7(11)6(9)3-8(12)13-2/h4-6H,3,9H2,1-2H3/t6-/m1/s1. The second-order valence-electron chi connectivity index (χ2n) is 2.82. The first-order chi connectivity index (χ1) is 6.15. The van der Waals surface area contributed by atoms with Gasteiger partial charge in [-0.05, 0) is 0 Å². The molecule has 72 valence electrons. The number of methoxy groups -OCH3 is 1. The molecule has 5 nitrogen and oxygen atoms in total. The number of carbonyl (C=O) groups is 1. The molecule has 0 spiro atoms. The highest BCUT2D eigenvalue weighted by Gasteiger charge is 2.14. The van der Waals surface area contributed by atoms with Crippen molar-refractivity contribution < 1.29 is 9.53 Å². The van der Waals surface area contributed by atoms with Crippen molar-refractivity contribution in [2.75, 3.05) is 7.11 Å². The molecule has 13 heavy (non-hydrogen) atoms. The highest BCUT2D eigenvalue weighted by Crippen LogP contribution is 2.12. The Labute approximate surface area is 76.5 Å². The maximum absolute atomic E-state index is 10.9. The topological polar surface area (TPSA) is 70.1 Å². The molecule has 1 atom stereocenters. The number of aryl methyl sites for hydroxylation is 1. The van der Waals surface area contributed by atoms with E-state index in [0.29, 0.717) is 0 Å². The number of rotatable bonds is 3. The van der Waals surface area contributed by atoms with Crippen LogP contribution in [0.1, 0.15) is 18.2 Å². The van der Waals surface area contributed by atoms with Gasteiger partial charge in [-0.15, -0.1) is 0 Å². The largest absolute Gasteiger partial charge is 0.469 e. The Morgan fingerprint density at radius 1 is 1.85 bits per heavy atom. The van der Waals surface area contributed by atoms with E-state index in [9.17, 15) is 4.79 Å². The first kappa shape index (κ1) is 9.73. The second kappa shape index (κ2) is 4.04. The predicted molar refractivity (Wildman–Crippen MR) is 46.8 cm³/mol. The van der Waals surface area contributed by atoms with Crippen LogP contribution >= 0.6 is 0 Å². The van der Waals surface area contributed by atoms with Crippen LogP contribution in [0.3, 0.4) is 0 Å². The lowest BCUT2D eigenvalue weighted by molar-refractivity contribution is -0.141. The average Bonchev–Trinajstić information content (AvgIpc) is 2.51. The van der Waals surface area contributed by atoms with Crippen LogP contribution in [-0.4, -0.2) is 22.6 Å². The fraction of sp³-hybridized carbons (Fsp3) is 0.500. The van der Waals surface area contributed by atoms with E-state index < -0.39 is 0 Å². The van der Waals surface area contributed by atoms with Crippen molar-refractivity contribution >= 4 is 5.97 Å². The molecule has 0 aromatic carbocycles. The van der Waals surface area contributed by atoms with Crippen LogP contribution in [0.25, 0.3) is 0 Å². The summed E-state index contributed by atoms with van der Waals surface area (Å²) < 4.78 is 6.30. The van der Waals surface area contributed by atoms with E-state index in [1.165, 1.54) is 7.11 Å². The molecule has 0 aliphatic rings. The van der Waals surface area contributed by atoms with Crippen molar-refractivity contribution in [3.8, 4) is 0 Å². The number of aromatic nitrogens is 2. The van der Waals surface area contributed by atoms with Crippen LogP contribution < -0.4 is 5.73 Å². The molecule has 5 heteroatoms. The zero-order chi connectivity index (χ0) is 9.84. The zero-order valence-electron chi connectivity index (χ0n) is 7.73. The fourth-order valence-corrected chi connectivity index (χ4v) is 1.09. The third kappa shape index (κ3) is 2.29. The van der Waals surface area contributed by atoms with Crippen LogP contribution in [0.2, 0.25) is 0 Å². The summed E-state index contributed by atoms with van der Waals surface area (Å²) >= 11 is 0. The zero-order valence-corrected chi connectivity index (χ0v) is 7.73. The Morgan fingerprint density at radius 2 is 2.54 bits per heavy atom. The summed E-state index contributed by atoms with van der Waals surface area (Å²) in [5.41, 5.74) is 6.58. The molecule has 0 saturated heterocycles. The number of hydrogen-bond donors (Lipinski definition) is 1. The number of imidazole rings is 1. The monoisotopic (exact) mass is 183 g/mol. The van der Waals surface area contributed by atoms with Crippen LogP contribution in [0.15, 0.2) is 12.5 Å².